The summed E-state index contributed by atoms with van der Waals surface area (Å²) in [6.07, 6.45) is 3.06. The van der Waals surface area contributed by atoms with Crippen LogP contribution >= 0.6 is 35.3 Å². The van der Waals surface area contributed by atoms with Crippen molar-refractivity contribution in [3.05, 3.63) is 16.1 Å². The third kappa shape index (κ3) is 7.10. The van der Waals surface area contributed by atoms with Crippen molar-refractivity contribution in [1.82, 2.24) is 15.6 Å². The molecule has 0 saturated heterocycles. The lowest BCUT2D eigenvalue weighted by Crippen LogP contribution is -2.42. The van der Waals surface area contributed by atoms with Gasteiger partial charge in [-0.2, -0.15) is 0 Å². The molecule has 0 spiro atoms. The topological polar surface area (TPSA) is 49.3 Å². The van der Waals surface area contributed by atoms with Crippen LogP contribution in [-0.4, -0.2) is 30.6 Å². The first kappa shape index (κ1) is 18.6. The predicted octanol–water partition coefficient (Wildman–Crippen LogP) is 2.83. The molecule has 0 saturated carbocycles. The zero-order chi connectivity index (χ0) is 13.4. The van der Waals surface area contributed by atoms with Gasteiger partial charge in [0.1, 0.15) is 0 Å². The highest BCUT2D eigenvalue weighted by atomic mass is 127. The number of rotatable bonds is 6. The van der Waals surface area contributed by atoms with Crippen molar-refractivity contribution in [1.29, 1.82) is 0 Å². The van der Waals surface area contributed by atoms with E-state index < -0.39 is 0 Å². The number of halogens is 1. The second-order valence-corrected chi connectivity index (χ2v) is 5.23. The van der Waals surface area contributed by atoms with Gasteiger partial charge in [0.15, 0.2) is 5.96 Å². The molecule has 110 valence electrons. The summed E-state index contributed by atoms with van der Waals surface area (Å²) in [6.45, 7) is 7.31. The molecule has 1 rings (SSSR count). The summed E-state index contributed by atoms with van der Waals surface area (Å²) in [7, 11) is 1.80. The lowest BCUT2D eigenvalue weighted by atomic mass is 10.3. The van der Waals surface area contributed by atoms with Crippen molar-refractivity contribution >= 4 is 41.3 Å². The Balaban J connectivity index is 0.00000324. The first-order valence-electron chi connectivity index (χ1n) is 6.60. The van der Waals surface area contributed by atoms with E-state index in [-0.39, 0.29) is 24.0 Å². The number of nitrogens with zero attached hydrogens (tertiary/aromatic N) is 2. The average molecular weight is 396 g/mol. The third-order valence-corrected chi connectivity index (χ3v) is 3.84. The molecule has 19 heavy (non-hydrogen) atoms. The Kier molecular flexibility index (Phi) is 10.2. The van der Waals surface area contributed by atoms with Crippen molar-refractivity contribution < 1.29 is 0 Å². The van der Waals surface area contributed by atoms with Crippen molar-refractivity contribution in [3.8, 4) is 0 Å². The Morgan fingerprint density at radius 1 is 1.47 bits per heavy atom. The summed E-state index contributed by atoms with van der Waals surface area (Å²) < 4.78 is 0. The molecule has 1 atom stereocenters. The summed E-state index contributed by atoms with van der Waals surface area (Å²) in [4.78, 5) is 8.75. The maximum Gasteiger partial charge on any atom is 0.191 e. The van der Waals surface area contributed by atoms with Gasteiger partial charge in [-0.15, -0.1) is 35.3 Å². The van der Waals surface area contributed by atoms with Gasteiger partial charge in [0, 0.05) is 31.4 Å². The van der Waals surface area contributed by atoms with E-state index in [1.54, 1.807) is 18.4 Å². The zero-order valence-electron chi connectivity index (χ0n) is 12.2. The van der Waals surface area contributed by atoms with Crippen LogP contribution in [0.5, 0.6) is 0 Å². The van der Waals surface area contributed by atoms with Gasteiger partial charge >= 0.3 is 0 Å². The normalized spacial score (nSPS) is 12.7. The quantitative estimate of drug-likeness (QED) is 0.442. The molecule has 0 aliphatic heterocycles. The Hall–Kier alpha value is -0.370. The predicted molar refractivity (Wildman–Crippen MR) is 94.9 cm³/mol. The molecular formula is C13H25IN4S. The molecule has 1 heterocycles. The van der Waals surface area contributed by atoms with E-state index in [1.807, 2.05) is 0 Å². The lowest BCUT2D eigenvalue weighted by Gasteiger charge is -2.16. The van der Waals surface area contributed by atoms with Gasteiger partial charge < -0.3 is 10.6 Å². The lowest BCUT2D eigenvalue weighted by molar-refractivity contribution is 0.623. The van der Waals surface area contributed by atoms with Crippen LogP contribution in [0.25, 0.3) is 0 Å². The van der Waals surface area contributed by atoms with Gasteiger partial charge in [-0.3, -0.25) is 4.99 Å². The maximum absolute atomic E-state index is 4.55. The number of hydrogen-bond donors (Lipinski definition) is 2. The molecule has 0 amide bonds. The maximum atomic E-state index is 4.55. The number of thiazole rings is 1. The first-order valence-corrected chi connectivity index (χ1v) is 7.48. The smallest absolute Gasteiger partial charge is 0.191 e. The van der Waals surface area contributed by atoms with E-state index in [1.165, 1.54) is 10.7 Å². The van der Waals surface area contributed by atoms with Crippen LogP contribution in [0.3, 0.4) is 0 Å². The van der Waals surface area contributed by atoms with Crippen LogP contribution in [0, 0.1) is 0 Å². The fourth-order valence-electron chi connectivity index (χ4n) is 1.47. The fourth-order valence-corrected chi connectivity index (χ4v) is 2.24. The zero-order valence-corrected chi connectivity index (χ0v) is 15.3. The van der Waals surface area contributed by atoms with Crippen LogP contribution in [0.2, 0.25) is 0 Å². The van der Waals surface area contributed by atoms with Gasteiger partial charge in [-0.05, 0) is 19.8 Å². The Bertz CT molecular complexity index is 378. The molecule has 0 aliphatic carbocycles. The summed E-state index contributed by atoms with van der Waals surface area (Å²) >= 11 is 1.74. The SMILES string of the molecule is CCc1nc(CCNC(=NC)NC(C)CC)cs1.I. The summed E-state index contributed by atoms with van der Waals surface area (Å²) in [6, 6.07) is 0.446. The second kappa shape index (κ2) is 10.4. The van der Waals surface area contributed by atoms with E-state index in [4.69, 9.17) is 0 Å². The minimum absolute atomic E-state index is 0. The van der Waals surface area contributed by atoms with Crippen molar-refractivity contribution in [2.75, 3.05) is 13.6 Å². The molecular weight excluding hydrogens is 371 g/mol. The van der Waals surface area contributed by atoms with Gasteiger partial charge in [0.2, 0.25) is 0 Å². The Morgan fingerprint density at radius 3 is 2.74 bits per heavy atom. The molecule has 1 aromatic heterocycles. The highest BCUT2D eigenvalue weighted by Crippen LogP contribution is 2.10. The highest BCUT2D eigenvalue weighted by molar-refractivity contribution is 14.0. The second-order valence-electron chi connectivity index (χ2n) is 4.29. The van der Waals surface area contributed by atoms with Crippen molar-refractivity contribution in [2.45, 2.75) is 46.1 Å². The minimum atomic E-state index is 0. The number of aryl methyl sites for hydroxylation is 1. The van der Waals surface area contributed by atoms with Crippen LogP contribution in [-0.2, 0) is 12.8 Å². The number of aliphatic imine (C=N–C) groups is 1. The van der Waals surface area contributed by atoms with Gasteiger partial charge in [0.25, 0.3) is 0 Å². The van der Waals surface area contributed by atoms with Gasteiger partial charge in [-0.25, -0.2) is 4.98 Å². The Morgan fingerprint density at radius 2 is 2.21 bits per heavy atom. The molecule has 0 aliphatic rings. The highest BCUT2D eigenvalue weighted by Gasteiger charge is 2.03. The van der Waals surface area contributed by atoms with E-state index in [9.17, 15) is 0 Å². The third-order valence-electron chi connectivity index (χ3n) is 2.79. The molecule has 6 heteroatoms. The average Bonchev–Trinajstić information content (AvgIpc) is 2.85. The number of nitrogens with one attached hydrogen (secondary N) is 2. The molecule has 0 aromatic carbocycles. The van der Waals surface area contributed by atoms with Gasteiger partial charge in [0.05, 0.1) is 10.7 Å². The van der Waals surface area contributed by atoms with Crippen LogP contribution < -0.4 is 10.6 Å². The fraction of sp³-hybridized carbons (Fsp3) is 0.692. The number of guanidine groups is 1. The minimum Gasteiger partial charge on any atom is -0.356 e. The van der Waals surface area contributed by atoms with Gasteiger partial charge in [-0.1, -0.05) is 13.8 Å². The molecule has 1 unspecified atom stereocenters. The number of aromatic nitrogens is 1. The largest absolute Gasteiger partial charge is 0.356 e. The van der Waals surface area contributed by atoms with E-state index in [0.29, 0.717) is 6.04 Å². The summed E-state index contributed by atoms with van der Waals surface area (Å²) in [5.41, 5.74) is 1.17. The van der Waals surface area contributed by atoms with E-state index in [2.05, 4.69) is 46.8 Å². The van der Waals surface area contributed by atoms with Crippen LogP contribution in [0.15, 0.2) is 10.4 Å². The van der Waals surface area contributed by atoms with Crippen LogP contribution in [0.4, 0.5) is 0 Å². The van der Waals surface area contributed by atoms with Crippen molar-refractivity contribution in [3.63, 3.8) is 0 Å². The summed E-state index contributed by atoms with van der Waals surface area (Å²) in [5.74, 6) is 0.871. The first-order chi connectivity index (χ1) is 8.69. The molecule has 2 N–H and O–H groups in total. The molecule has 0 radical (unpaired) electrons. The van der Waals surface area contributed by atoms with E-state index >= 15 is 0 Å². The number of hydrogen-bond acceptors (Lipinski definition) is 3. The molecule has 0 fully saturated rings. The van der Waals surface area contributed by atoms with E-state index in [0.717, 1.165) is 31.8 Å². The molecule has 0 bridgehead atoms. The Labute approximate surface area is 137 Å². The monoisotopic (exact) mass is 396 g/mol. The molecule has 4 nitrogen and oxygen atoms in total. The molecule has 1 aromatic rings. The summed E-state index contributed by atoms with van der Waals surface area (Å²) in [5, 5.41) is 10.0. The van der Waals surface area contributed by atoms with Crippen molar-refractivity contribution in [2.24, 2.45) is 4.99 Å². The van der Waals surface area contributed by atoms with Crippen LogP contribution in [0.1, 0.15) is 37.9 Å². The standard InChI is InChI=1S/C13H24N4S.HI/c1-5-10(3)16-13(14-4)15-8-7-11-9-18-12(6-2)17-11;/h9-10H,5-8H2,1-4H3,(H2,14,15,16);1H.